The lowest BCUT2D eigenvalue weighted by molar-refractivity contribution is 0.414. The normalized spacial score (nSPS) is 13.3. The number of aromatic nitrogens is 2. The molecule has 1 aliphatic rings. The summed E-state index contributed by atoms with van der Waals surface area (Å²) < 4.78 is 35.2. The van der Waals surface area contributed by atoms with Gasteiger partial charge in [-0.05, 0) is 67.6 Å². The second kappa shape index (κ2) is 8.67. The monoisotopic (exact) mass is 470 g/mol. The van der Waals surface area contributed by atoms with Crippen LogP contribution in [0.2, 0.25) is 0 Å². The lowest BCUT2D eigenvalue weighted by Crippen LogP contribution is -2.22. The summed E-state index contributed by atoms with van der Waals surface area (Å²) in [6.07, 6.45) is 4.01. The molecule has 0 bridgehead atoms. The summed E-state index contributed by atoms with van der Waals surface area (Å²) in [6, 6.07) is 11.0. The molecule has 0 fully saturated rings. The number of hydrogen-bond donors (Lipinski definition) is 0. The quantitative estimate of drug-likeness (QED) is 0.269. The Kier molecular flexibility index (Phi) is 5.73. The largest absolute Gasteiger partial charge is 0.497 e. The van der Waals surface area contributed by atoms with Crippen LogP contribution in [0.1, 0.15) is 28.8 Å². The van der Waals surface area contributed by atoms with Gasteiger partial charge >= 0.3 is 0 Å². The molecule has 0 aliphatic heterocycles. The molecule has 5 rings (SSSR count). The Morgan fingerprint density at radius 1 is 1.09 bits per heavy atom. The highest BCUT2D eigenvalue weighted by Gasteiger charge is 2.23. The number of hydrogen-bond acceptors (Lipinski definition) is 5. The first kappa shape index (κ1) is 21.2. The Bertz CT molecular complexity index is 1340. The number of benzene rings is 2. The summed E-state index contributed by atoms with van der Waals surface area (Å²) in [5.41, 5.74) is 1.57. The smallest absolute Gasteiger partial charge is 0.267 e. The van der Waals surface area contributed by atoms with Gasteiger partial charge in [0.1, 0.15) is 22.2 Å². The maximum absolute atomic E-state index is 14.2. The van der Waals surface area contributed by atoms with Crippen LogP contribution in [0.5, 0.6) is 5.75 Å². The van der Waals surface area contributed by atoms with Crippen molar-refractivity contribution in [1.29, 1.82) is 0 Å². The van der Waals surface area contributed by atoms with Crippen molar-refractivity contribution in [3.63, 3.8) is 0 Å². The number of methoxy groups -OCH3 is 1. The fraction of sp³-hybridized carbons (Fsp3) is 0.250. The summed E-state index contributed by atoms with van der Waals surface area (Å²) in [4.78, 5) is 20.4. The molecule has 2 heterocycles. The molecule has 2 aromatic carbocycles. The number of thiophene rings is 1. The molecule has 0 spiro atoms. The van der Waals surface area contributed by atoms with Gasteiger partial charge in [-0.2, -0.15) is 0 Å². The van der Waals surface area contributed by atoms with E-state index in [1.165, 1.54) is 23.1 Å². The third-order valence-corrected chi connectivity index (χ3v) is 7.85. The average Bonchev–Trinajstić information content (AvgIpc) is 3.18. The van der Waals surface area contributed by atoms with Gasteiger partial charge < -0.3 is 4.74 Å². The SMILES string of the molecule is COc1ccc(-n2c(SCc3c(F)cccc3F)nc3sc4c(c3c2=O)CCCC4)cc1. The molecule has 0 N–H and O–H groups in total. The summed E-state index contributed by atoms with van der Waals surface area (Å²) in [5.74, 6) is -0.518. The Labute approximate surface area is 191 Å². The minimum Gasteiger partial charge on any atom is -0.497 e. The molecular formula is C24H20F2N2O2S2. The van der Waals surface area contributed by atoms with Crippen LogP contribution in [0.25, 0.3) is 15.9 Å². The molecule has 0 amide bonds. The minimum absolute atomic E-state index is 0.0255. The standard InChI is InChI=1S/C24H20F2N2O2S2/c1-30-15-11-9-14(10-12-15)28-23(29)21-16-5-2-3-8-20(16)32-22(21)27-24(28)31-13-17-18(25)6-4-7-19(17)26/h4,6-7,9-12H,2-3,5,8,13H2,1H3. The molecule has 8 heteroatoms. The molecule has 4 aromatic rings. The zero-order chi connectivity index (χ0) is 22.2. The van der Waals surface area contributed by atoms with Crippen molar-refractivity contribution in [2.24, 2.45) is 0 Å². The highest BCUT2D eigenvalue weighted by atomic mass is 32.2. The van der Waals surface area contributed by atoms with Gasteiger partial charge in [-0.15, -0.1) is 11.3 Å². The highest BCUT2D eigenvalue weighted by Crippen LogP contribution is 2.36. The molecule has 164 valence electrons. The molecule has 4 nitrogen and oxygen atoms in total. The maximum Gasteiger partial charge on any atom is 0.267 e. The van der Waals surface area contributed by atoms with Gasteiger partial charge in [0.25, 0.3) is 5.56 Å². The van der Waals surface area contributed by atoms with Gasteiger partial charge in [0.05, 0.1) is 18.2 Å². The number of ether oxygens (including phenoxy) is 1. The number of fused-ring (bicyclic) bond motifs is 3. The van der Waals surface area contributed by atoms with E-state index < -0.39 is 11.6 Å². The zero-order valence-corrected chi connectivity index (χ0v) is 19.0. The lowest BCUT2D eigenvalue weighted by Gasteiger charge is -2.14. The third-order valence-electron chi connectivity index (χ3n) is 5.70. The Hall–Kier alpha value is -2.71. The van der Waals surface area contributed by atoms with Crippen molar-refractivity contribution in [2.45, 2.75) is 36.6 Å². The summed E-state index contributed by atoms with van der Waals surface area (Å²) in [6.45, 7) is 0. The topological polar surface area (TPSA) is 44.1 Å². The fourth-order valence-corrected chi connectivity index (χ4v) is 6.38. The first-order valence-corrected chi connectivity index (χ1v) is 12.1. The number of rotatable bonds is 5. The van der Waals surface area contributed by atoms with Crippen LogP contribution >= 0.6 is 23.1 Å². The van der Waals surface area contributed by atoms with Crippen LogP contribution in [-0.2, 0) is 18.6 Å². The molecular weight excluding hydrogens is 450 g/mol. The van der Waals surface area contributed by atoms with E-state index in [-0.39, 0.29) is 16.9 Å². The van der Waals surface area contributed by atoms with E-state index in [0.29, 0.717) is 26.8 Å². The van der Waals surface area contributed by atoms with Crippen LogP contribution in [0, 0.1) is 11.6 Å². The molecule has 0 unspecified atom stereocenters. The van der Waals surface area contributed by atoms with Crippen molar-refractivity contribution in [2.75, 3.05) is 7.11 Å². The molecule has 1 aliphatic carbocycles. The third kappa shape index (κ3) is 3.71. The Balaban J connectivity index is 1.66. The van der Waals surface area contributed by atoms with E-state index in [1.54, 1.807) is 47.3 Å². The molecule has 32 heavy (non-hydrogen) atoms. The van der Waals surface area contributed by atoms with Crippen molar-refractivity contribution in [3.8, 4) is 11.4 Å². The molecule has 0 saturated carbocycles. The van der Waals surface area contributed by atoms with E-state index in [2.05, 4.69) is 0 Å². The predicted octanol–water partition coefficient (Wildman–Crippen LogP) is 5.91. The number of halogens is 2. The fourth-order valence-electron chi connectivity index (χ4n) is 4.05. The van der Waals surface area contributed by atoms with Crippen LogP contribution in [0.15, 0.2) is 52.4 Å². The van der Waals surface area contributed by atoms with E-state index in [1.807, 2.05) is 0 Å². The summed E-state index contributed by atoms with van der Waals surface area (Å²) in [7, 11) is 1.58. The van der Waals surface area contributed by atoms with Gasteiger partial charge in [-0.25, -0.2) is 13.8 Å². The van der Waals surface area contributed by atoms with Crippen molar-refractivity contribution in [1.82, 2.24) is 9.55 Å². The maximum atomic E-state index is 14.2. The first-order chi connectivity index (χ1) is 15.6. The second-order valence-corrected chi connectivity index (χ2v) is 9.64. The molecule has 0 radical (unpaired) electrons. The van der Waals surface area contributed by atoms with Gasteiger partial charge in [0, 0.05) is 16.2 Å². The van der Waals surface area contributed by atoms with Gasteiger partial charge in [0.2, 0.25) is 0 Å². The number of thioether (sulfide) groups is 1. The summed E-state index contributed by atoms with van der Waals surface area (Å²) >= 11 is 2.72. The average molecular weight is 471 g/mol. The molecule has 2 aromatic heterocycles. The Morgan fingerprint density at radius 2 is 1.81 bits per heavy atom. The van der Waals surface area contributed by atoms with Crippen molar-refractivity contribution in [3.05, 3.63) is 80.5 Å². The minimum atomic E-state index is -0.608. The summed E-state index contributed by atoms with van der Waals surface area (Å²) in [5, 5.41) is 1.08. The van der Waals surface area contributed by atoms with E-state index >= 15 is 0 Å². The predicted molar refractivity (Wildman–Crippen MR) is 124 cm³/mol. The van der Waals surface area contributed by atoms with E-state index in [9.17, 15) is 13.6 Å². The van der Waals surface area contributed by atoms with Crippen LogP contribution in [-0.4, -0.2) is 16.7 Å². The van der Waals surface area contributed by atoms with Gasteiger partial charge in [-0.1, -0.05) is 17.8 Å². The lowest BCUT2D eigenvalue weighted by atomic mass is 9.97. The zero-order valence-electron chi connectivity index (χ0n) is 17.4. The van der Waals surface area contributed by atoms with Crippen LogP contribution in [0.4, 0.5) is 8.78 Å². The highest BCUT2D eigenvalue weighted by molar-refractivity contribution is 7.98. The van der Waals surface area contributed by atoms with Crippen LogP contribution < -0.4 is 10.3 Å². The van der Waals surface area contributed by atoms with Crippen molar-refractivity contribution < 1.29 is 13.5 Å². The first-order valence-electron chi connectivity index (χ1n) is 10.3. The second-order valence-electron chi connectivity index (χ2n) is 7.61. The van der Waals surface area contributed by atoms with Gasteiger partial charge in [-0.3, -0.25) is 9.36 Å². The van der Waals surface area contributed by atoms with E-state index in [4.69, 9.17) is 9.72 Å². The number of nitrogens with zero attached hydrogens (tertiary/aromatic N) is 2. The van der Waals surface area contributed by atoms with Gasteiger partial charge in [0.15, 0.2) is 5.16 Å². The Morgan fingerprint density at radius 3 is 2.53 bits per heavy atom. The van der Waals surface area contributed by atoms with E-state index in [0.717, 1.165) is 43.0 Å². The van der Waals surface area contributed by atoms with Crippen LogP contribution in [0.3, 0.4) is 0 Å². The number of aryl methyl sites for hydroxylation is 2. The molecule has 0 saturated heterocycles. The molecule has 0 atom stereocenters. The van der Waals surface area contributed by atoms with Crippen molar-refractivity contribution >= 4 is 33.3 Å².